The van der Waals surface area contributed by atoms with Gasteiger partial charge in [0.15, 0.2) is 11.9 Å². The lowest BCUT2D eigenvalue weighted by atomic mass is 10.1. The van der Waals surface area contributed by atoms with Gasteiger partial charge in [-0.25, -0.2) is 9.97 Å². The maximum Gasteiger partial charge on any atom is 0.450 e. The number of aromatic amines is 1. The van der Waals surface area contributed by atoms with Crippen LogP contribution in [0.5, 0.6) is 0 Å². The molecule has 0 aliphatic carbocycles. The molecule has 1 aliphatic heterocycles. The number of hydrogen-bond acceptors (Lipinski definition) is 5. The minimum absolute atomic E-state index is 0.128. The van der Waals surface area contributed by atoms with Crippen LogP contribution in [0, 0.1) is 6.92 Å². The molecule has 4 heterocycles. The van der Waals surface area contributed by atoms with Crippen LogP contribution in [0.25, 0.3) is 33.8 Å². The van der Waals surface area contributed by atoms with Gasteiger partial charge in [-0.15, -0.1) is 0 Å². The molecule has 1 aliphatic rings. The van der Waals surface area contributed by atoms with Crippen molar-refractivity contribution in [1.82, 2.24) is 24.7 Å². The number of nitrogens with one attached hydrogen (secondary N) is 1. The lowest BCUT2D eigenvalue weighted by molar-refractivity contribution is -0.155. The van der Waals surface area contributed by atoms with E-state index in [0.717, 1.165) is 34.9 Å². The van der Waals surface area contributed by atoms with Crippen LogP contribution < -0.4 is 0 Å². The number of halogens is 3. The average Bonchev–Trinajstić information content (AvgIpc) is 3.42. The second-order valence-electron chi connectivity index (χ2n) is 7.98. The number of hydrogen-bond donors (Lipinski definition) is 1. The number of H-pyrrole nitrogens is 1. The van der Waals surface area contributed by atoms with E-state index in [1.54, 1.807) is 42.6 Å². The normalized spacial score (nSPS) is 17.5. The van der Waals surface area contributed by atoms with Crippen molar-refractivity contribution in [2.45, 2.75) is 38.7 Å². The summed E-state index contributed by atoms with van der Waals surface area (Å²) in [5.74, 6) is -1.02. The number of ether oxygens (including phenoxy) is 2. The molecule has 5 rings (SSSR count). The first-order chi connectivity index (χ1) is 15.9. The van der Waals surface area contributed by atoms with Crippen molar-refractivity contribution in [2.24, 2.45) is 0 Å². The highest BCUT2D eigenvalue weighted by Gasteiger charge is 2.38. The van der Waals surface area contributed by atoms with Gasteiger partial charge in [-0.05, 0) is 62.1 Å². The summed E-state index contributed by atoms with van der Waals surface area (Å²) in [4.78, 5) is 8.31. The maximum absolute atomic E-state index is 13.9. The molecule has 33 heavy (non-hydrogen) atoms. The lowest BCUT2D eigenvalue weighted by Crippen LogP contribution is -2.22. The van der Waals surface area contributed by atoms with E-state index in [0.29, 0.717) is 30.0 Å². The molecule has 0 radical (unpaired) electrons. The Morgan fingerprint density at radius 3 is 2.91 bits per heavy atom. The smallest absolute Gasteiger partial charge is 0.353 e. The molecule has 7 nitrogen and oxygen atoms in total. The van der Waals surface area contributed by atoms with Crippen LogP contribution in [-0.4, -0.2) is 44.2 Å². The van der Waals surface area contributed by atoms with Crippen LogP contribution in [0.4, 0.5) is 13.2 Å². The van der Waals surface area contributed by atoms with Gasteiger partial charge in [-0.1, -0.05) is 6.08 Å². The average molecular weight is 457 g/mol. The number of alkyl halides is 3. The summed E-state index contributed by atoms with van der Waals surface area (Å²) in [6.07, 6.45) is 3.19. The first kappa shape index (κ1) is 21.6. The van der Waals surface area contributed by atoms with E-state index in [-0.39, 0.29) is 17.5 Å². The molecule has 1 fully saturated rings. The second-order valence-corrected chi connectivity index (χ2v) is 7.98. The number of aryl methyl sites for hydroxylation is 1. The molecule has 0 saturated carbocycles. The zero-order valence-corrected chi connectivity index (χ0v) is 17.9. The summed E-state index contributed by atoms with van der Waals surface area (Å²) in [6, 6.07) is 6.49. The van der Waals surface area contributed by atoms with Gasteiger partial charge in [-0.3, -0.25) is 9.67 Å². The van der Waals surface area contributed by atoms with E-state index in [4.69, 9.17) is 9.47 Å². The Hall–Kier alpha value is -3.24. The number of benzene rings is 1. The van der Waals surface area contributed by atoms with Crippen LogP contribution >= 0.6 is 0 Å². The Labute approximate surface area is 187 Å². The Morgan fingerprint density at radius 2 is 2.12 bits per heavy atom. The molecule has 172 valence electrons. The van der Waals surface area contributed by atoms with Crippen LogP contribution in [0.15, 0.2) is 36.5 Å². The van der Waals surface area contributed by atoms with Crippen molar-refractivity contribution in [3.8, 4) is 5.69 Å². The zero-order chi connectivity index (χ0) is 23.0. The van der Waals surface area contributed by atoms with Crippen molar-refractivity contribution in [3.63, 3.8) is 0 Å². The van der Waals surface area contributed by atoms with Gasteiger partial charge in [0, 0.05) is 12.0 Å². The van der Waals surface area contributed by atoms with Crippen molar-refractivity contribution in [3.05, 3.63) is 53.6 Å². The van der Waals surface area contributed by atoms with Gasteiger partial charge >= 0.3 is 6.18 Å². The molecule has 10 heteroatoms. The minimum Gasteiger partial charge on any atom is -0.353 e. The summed E-state index contributed by atoms with van der Waals surface area (Å²) in [5, 5.41) is 7.56. The van der Waals surface area contributed by atoms with Crippen LogP contribution in [-0.2, 0) is 15.7 Å². The molecular weight excluding hydrogens is 435 g/mol. The molecule has 4 aromatic rings. The zero-order valence-electron chi connectivity index (χ0n) is 17.9. The number of pyridine rings is 1. The third-order valence-electron chi connectivity index (χ3n) is 5.57. The van der Waals surface area contributed by atoms with E-state index in [1.165, 1.54) is 0 Å². The third-order valence-corrected chi connectivity index (χ3v) is 5.57. The monoisotopic (exact) mass is 457 g/mol. The first-order valence-electron chi connectivity index (χ1n) is 10.7. The molecule has 1 saturated heterocycles. The molecule has 1 unspecified atom stereocenters. The van der Waals surface area contributed by atoms with Crippen molar-refractivity contribution in [2.75, 3.05) is 13.2 Å². The fourth-order valence-electron chi connectivity index (χ4n) is 4.02. The topological polar surface area (TPSA) is 77.8 Å². The minimum atomic E-state index is -4.65. The van der Waals surface area contributed by atoms with Gasteiger partial charge in [0.2, 0.25) is 5.82 Å². The predicted octanol–water partition coefficient (Wildman–Crippen LogP) is 5.18. The fourth-order valence-corrected chi connectivity index (χ4v) is 4.02. The number of rotatable bonds is 5. The Kier molecular flexibility index (Phi) is 5.63. The summed E-state index contributed by atoms with van der Waals surface area (Å²) < 4.78 is 53.9. The molecule has 1 N–H and O–H groups in total. The largest absolute Gasteiger partial charge is 0.450 e. The fraction of sp³-hybridized carbons (Fsp3) is 0.348. The van der Waals surface area contributed by atoms with Crippen molar-refractivity contribution in [1.29, 1.82) is 0 Å². The van der Waals surface area contributed by atoms with Crippen LogP contribution in [0.1, 0.15) is 36.3 Å². The molecule has 0 spiro atoms. The summed E-state index contributed by atoms with van der Waals surface area (Å²) in [7, 11) is 0. The molecule has 3 aromatic heterocycles. The molecular formula is C23H22F3N5O2. The number of nitrogens with zero attached hydrogens (tertiary/aromatic N) is 4. The van der Waals surface area contributed by atoms with Gasteiger partial charge < -0.3 is 9.47 Å². The van der Waals surface area contributed by atoms with Crippen molar-refractivity contribution >= 4 is 28.1 Å². The predicted molar refractivity (Wildman–Crippen MR) is 117 cm³/mol. The highest BCUT2D eigenvalue weighted by atomic mass is 19.4. The maximum atomic E-state index is 13.9. The summed E-state index contributed by atoms with van der Waals surface area (Å²) in [5.41, 5.74) is 2.66. The molecule has 1 atom stereocenters. The molecule has 0 bridgehead atoms. The Bertz CT molecular complexity index is 1320. The second kappa shape index (κ2) is 8.60. The molecule has 0 amide bonds. The van der Waals surface area contributed by atoms with Crippen LogP contribution in [0.2, 0.25) is 0 Å². The number of imidazole rings is 1. The van der Waals surface area contributed by atoms with Gasteiger partial charge in [0.05, 0.1) is 29.7 Å². The van der Waals surface area contributed by atoms with E-state index >= 15 is 0 Å². The Morgan fingerprint density at radius 1 is 1.24 bits per heavy atom. The number of fused-ring (bicyclic) bond motifs is 2. The van der Waals surface area contributed by atoms with Gasteiger partial charge in [0.25, 0.3) is 0 Å². The van der Waals surface area contributed by atoms with Gasteiger partial charge in [0.1, 0.15) is 5.52 Å². The lowest BCUT2D eigenvalue weighted by Gasteiger charge is -2.21. The van der Waals surface area contributed by atoms with E-state index in [9.17, 15) is 13.2 Å². The van der Waals surface area contributed by atoms with E-state index in [1.807, 2.05) is 6.92 Å². The highest BCUT2D eigenvalue weighted by Crippen LogP contribution is 2.34. The standard InChI is InChI=1S/C23H22F3N5O2/c1-14-11-17(12-15-13-27-30-20(14)15)31-21-18(29-22(31)23(24,25)26)8-7-16(28-21)5-4-10-33-19-6-2-3-9-32-19/h4-5,7-8,11-13,19H,2-3,6,9-10H2,1H3,(H,27,30)/b5-4+. The number of aromatic nitrogens is 5. The molecule has 1 aromatic carbocycles. The van der Waals surface area contributed by atoms with E-state index in [2.05, 4.69) is 20.2 Å². The summed E-state index contributed by atoms with van der Waals surface area (Å²) in [6.45, 7) is 2.84. The highest BCUT2D eigenvalue weighted by molar-refractivity contribution is 5.85. The van der Waals surface area contributed by atoms with Gasteiger partial charge in [-0.2, -0.15) is 18.3 Å². The quantitative estimate of drug-likeness (QED) is 0.447. The van der Waals surface area contributed by atoms with Crippen LogP contribution in [0.3, 0.4) is 0 Å². The first-order valence-corrected chi connectivity index (χ1v) is 10.7. The Balaban J connectivity index is 1.51. The van der Waals surface area contributed by atoms with Crippen molar-refractivity contribution < 1.29 is 22.6 Å². The van der Waals surface area contributed by atoms with E-state index < -0.39 is 12.0 Å². The SMILES string of the molecule is Cc1cc(-n2c(C(F)(F)F)nc3ccc(/C=C/COC4CCCCO4)nc32)cc2cn[nH]c12. The third kappa shape index (κ3) is 4.36. The summed E-state index contributed by atoms with van der Waals surface area (Å²) >= 11 is 0.